The van der Waals surface area contributed by atoms with Crippen molar-refractivity contribution >= 4 is 34.2 Å². The van der Waals surface area contributed by atoms with Crippen LogP contribution in [-0.2, 0) is 0 Å². The van der Waals surface area contributed by atoms with Gasteiger partial charge >= 0.3 is 6.03 Å². The first-order chi connectivity index (χ1) is 16.3. The SMILES string of the molecule is COc1cc2c(Oc3ccc(NC(=O)NCCC(C)(C)C)cc3)ccnc2cc1OCCCCl. The Morgan fingerprint density at radius 1 is 1.06 bits per heavy atom. The molecule has 1 heterocycles. The number of carbonyl (C=O) groups is 1. The Labute approximate surface area is 205 Å². The molecule has 3 aromatic rings. The van der Waals surface area contributed by atoms with Gasteiger partial charge in [-0.2, -0.15) is 0 Å². The van der Waals surface area contributed by atoms with E-state index in [0.29, 0.717) is 47.7 Å². The number of alkyl halides is 1. The van der Waals surface area contributed by atoms with Crippen molar-refractivity contribution in [3.63, 3.8) is 0 Å². The molecule has 2 aromatic carbocycles. The number of anilines is 1. The summed E-state index contributed by atoms with van der Waals surface area (Å²) in [5, 5.41) is 6.51. The fourth-order valence-electron chi connectivity index (χ4n) is 3.19. The predicted octanol–water partition coefficient (Wildman–Crippen LogP) is 6.60. The molecule has 1 aromatic heterocycles. The number of ether oxygens (including phenoxy) is 3. The number of nitrogens with zero attached hydrogens (tertiary/aromatic N) is 1. The van der Waals surface area contributed by atoms with Crippen molar-refractivity contribution in [1.29, 1.82) is 0 Å². The van der Waals surface area contributed by atoms with Gasteiger partial charge in [-0.05, 0) is 54.7 Å². The summed E-state index contributed by atoms with van der Waals surface area (Å²) in [6, 6.07) is 12.5. The number of hydrogen-bond acceptors (Lipinski definition) is 5. The topological polar surface area (TPSA) is 81.7 Å². The first-order valence-corrected chi connectivity index (χ1v) is 11.8. The molecule has 0 fully saturated rings. The Kier molecular flexibility index (Phi) is 8.82. The highest BCUT2D eigenvalue weighted by Crippen LogP contribution is 2.37. The number of urea groups is 1. The van der Waals surface area contributed by atoms with Crippen molar-refractivity contribution in [2.24, 2.45) is 5.41 Å². The fraction of sp³-hybridized carbons (Fsp3) is 0.385. The van der Waals surface area contributed by atoms with Gasteiger partial charge < -0.3 is 24.8 Å². The molecule has 2 amide bonds. The lowest BCUT2D eigenvalue weighted by Crippen LogP contribution is -2.31. The molecule has 182 valence electrons. The van der Waals surface area contributed by atoms with E-state index in [1.807, 2.05) is 12.1 Å². The van der Waals surface area contributed by atoms with E-state index in [1.54, 1.807) is 43.6 Å². The lowest BCUT2D eigenvalue weighted by Gasteiger charge is -2.18. The lowest BCUT2D eigenvalue weighted by molar-refractivity contribution is 0.250. The number of nitrogens with one attached hydrogen (secondary N) is 2. The molecule has 0 spiro atoms. The van der Waals surface area contributed by atoms with E-state index in [9.17, 15) is 4.79 Å². The molecule has 0 unspecified atom stereocenters. The highest BCUT2D eigenvalue weighted by Gasteiger charge is 2.13. The minimum Gasteiger partial charge on any atom is -0.493 e. The van der Waals surface area contributed by atoms with Gasteiger partial charge in [0.2, 0.25) is 0 Å². The summed E-state index contributed by atoms with van der Waals surface area (Å²) in [4.78, 5) is 16.5. The van der Waals surface area contributed by atoms with Gasteiger partial charge in [-0.1, -0.05) is 20.8 Å². The van der Waals surface area contributed by atoms with Crippen molar-refractivity contribution in [2.75, 3.05) is 31.5 Å². The molecular formula is C26H32ClN3O4. The molecule has 0 bridgehead atoms. The summed E-state index contributed by atoms with van der Waals surface area (Å²) in [5.74, 6) is 3.00. The number of amides is 2. The Hall–Kier alpha value is -3.19. The number of rotatable bonds is 10. The van der Waals surface area contributed by atoms with Gasteiger partial charge in [0.05, 0.1) is 19.2 Å². The molecule has 0 atom stereocenters. The molecule has 0 radical (unpaired) electrons. The van der Waals surface area contributed by atoms with Gasteiger partial charge in [0, 0.05) is 35.8 Å². The van der Waals surface area contributed by atoms with Gasteiger partial charge in [-0.15, -0.1) is 11.6 Å². The number of carbonyl (C=O) groups excluding carboxylic acids is 1. The molecule has 2 N–H and O–H groups in total. The summed E-state index contributed by atoms with van der Waals surface area (Å²) in [7, 11) is 1.59. The van der Waals surface area contributed by atoms with E-state index in [0.717, 1.165) is 23.7 Å². The normalized spacial score (nSPS) is 11.2. The summed E-state index contributed by atoms with van der Waals surface area (Å²) < 4.78 is 17.4. The number of methoxy groups -OCH3 is 1. The van der Waals surface area contributed by atoms with Crippen molar-refractivity contribution < 1.29 is 19.0 Å². The van der Waals surface area contributed by atoms with Crippen LogP contribution in [0.15, 0.2) is 48.7 Å². The molecule has 0 saturated heterocycles. The monoisotopic (exact) mass is 485 g/mol. The third kappa shape index (κ3) is 7.42. The maximum Gasteiger partial charge on any atom is 0.319 e. The van der Waals surface area contributed by atoms with Crippen molar-refractivity contribution in [3.05, 3.63) is 48.7 Å². The van der Waals surface area contributed by atoms with Crippen LogP contribution in [0.3, 0.4) is 0 Å². The van der Waals surface area contributed by atoms with Gasteiger partial charge in [-0.25, -0.2) is 4.79 Å². The first-order valence-electron chi connectivity index (χ1n) is 11.3. The maximum atomic E-state index is 12.1. The molecular weight excluding hydrogens is 454 g/mol. The molecule has 3 rings (SSSR count). The summed E-state index contributed by atoms with van der Waals surface area (Å²) in [6.07, 6.45) is 3.33. The van der Waals surface area contributed by atoms with E-state index >= 15 is 0 Å². The van der Waals surface area contributed by atoms with Gasteiger partial charge in [0.15, 0.2) is 11.5 Å². The van der Waals surface area contributed by atoms with Crippen LogP contribution in [0, 0.1) is 5.41 Å². The third-order valence-corrected chi connectivity index (χ3v) is 5.29. The maximum absolute atomic E-state index is 12.1. The molecule has 34 heavy (non-hydrogen) atoms. The van der Waals surface area contributed by atoms with Crippen molar-refractivity contribution in [3.8, 4) is 23.0 Å². The third-order valence-electron chi connectivity index (χ3n) is 5.02. The number of hydrogen-bond donors (Lipinski definition) is 2. The summed E-state index contributed by atoms with van der Waals surface area (Å²) in [5.41, 5.74) is 1.58. The van der Waals surface area contributed by atoms with Crippen LogP contribution < -0.4 is 24.8 Å². The molecule has 0 aliphatic rings. The van der Waals surface area contributed by atoms with Crippen LogP contribution in [0.2, 0.25) is 0 Å². The van der Waals surface area contributed by atoms with Crippen LogP contribution in [0.1, 0.15) is 33.6 Å². The lowest BCUT2D eigenvalue weighted by atomic mass is 9.92. The second kappa shape index (κ2) is 11.8. The summed E-state index contributed by atoms with van der Waals surface area (Å²) in [6.45, 7) is 7.54. The molecule has 8 heteroatoms. The van der Waals surface area contributed by atoms with E-state index in [4.69, 9.17) is 25.8 Å². The van der Waals surface area contributed by atoms with E-state index in [-0.39, 0.29) is 11.4 Å². The summed E-state index contributed by atoms with van der Waals surface area (Å²) >= 11 is 5.74. The highest BCUT2D eigenvalue weighted by molar-refractivity contribution is 6.17. The van der Waals surface area contributed by atoms with E-state index in [1.165, 1.54) is 0 Å². The van der Waals surface area contributed by atoms with Gasteiger partial charge in [-0.3, -0.25) is 4.98 Å². The van der Waals surface area contributed by atoms with Crippen LogP contribution in [0.4, 0.5) is 10.5 Å². The first kappa shape index (κ1) is 25.4. The fourth-order valence-corrected chi connectivity index (χ4v) is 3.30. The van der Waals surface area contributed by atoms with Crippen LogP contribution in [-0.4, -0.2) is 37.2 Å². The Balaban J connectivity index is 1.68. The molecule has 0 saturated carbocycles. The number of benzene rings is 2. The second-order valence-electron chi connectivity index (χ2n) is 9.04. The van der Waals surface area contributed by atoms with Crippen LogP contribution >= 0.6 is 11.6 Å². The predicted molar refractivity (Wildman–Crippen MR) is 137 cm³/mol. The quantitative estimate of drug-likeness (QED) is 0.249. The average Bonchev–Trinajstić information content (AvgIpc) is 2.79. The highest BCUT2D eigenvalue weighted by atomic mass is 35.5. The number of fused-ring (bicyclic) bond motifs is 1. The minimum atomic E-state index is -0.228. The number of halogens is 1. The van der Waals surface area contributed by atoms with Crippen molar-refractivity contribution in [2.45, 2.75) is 33.6 Å². The standard InChI is InChI=1S/C26H32ClN3O4/c1-26(2,3)11-14-29-25(31)30-18-6-8-19(9-7-18)34-22-10-13-28-21-17-24(33-15-5-12-27)23(32-4)16-20(21)22/h6-10,13,16-17H,5,11-12,14-15H2,1-4H3,(H2,29,30,31). The van der Waals surface area contributed by atoms with Crippen LogP contribution in [0.5, 0.6) is 23.0 Å². The van der Waals surface area contributed by atoms with Crippen LogP contribution in [0.25, 0.3) is 10.9 Å². The largest absolute Gasteiger partial charge is 0.493 e. The average molecular weight is 486 g/mol. The zero-order chi connectivity index (χ0) is 24.6. The number of aromatic nitrogens is 1. The zero-order valence-electron chi connectivity index (χ0n) is 20.1. The molecule has 0 aliphatic carbocycles. The Morgan fingerprint density at radius 3 is 2.50 bits per heavy atom. The van der Waals surface area contributed by atoms with Gasteiger partial charge in [0.25, 0.3) is 0 Å². The van der Waals surface area contributed by atoms with E-state index in [2.05, 4.69) is 36.4 Å². The number of pyridine rings is 1. The van der Waals surface area contributed by atoms with Gasteiger partial charge in [0.1, 0.15) is 11.5 Å². The smallest absolute Gasteiger partial charge is 0.319 e. The van der Waals surface area contributed by atoms with Crippen molar-refractivity contribution in [1.82, 2.24) is 10.3 Å². The zero-order valence-corrected chi connectivity index (χ0v) is 20.9. The Bertz CT molecular complexity index is 1100. The minimum absolute atomic E-state index is 0.173. The van der Waals surface area contributed by atoms with E-state index < -0.39 is 0 Å². The molecule has 0 aliphatic heterocycles. The second-order valence-corrected chi connectivity index (χ2v) is 9.42. The Morgan fingerprint density at radius 2 is 1.82 bits per heavy atom. The molecule has 7 nitrogen and oxygen atoms in total.